The maximum atomic E-state index is 12.4. The van der Waals surface area contributed by atoms with E-state index in [2.05, 4.69) is 12.2 Å². The van der Waals surface area contributed by atoms with E-state index in [1.54, 1.807) is 12.1 Å². The second kappa shape index (κ2) is 11.1. The number of aliphatic hydroxyl groups is 5. The number of hydrogen-bond donors (Lipinski definition) is 7. The first-order valence-electron chi connectivity index (χ1n) is 11.7. The molecule has 2 fully saturated rings. The summed E-state index contributed by atoms with van der Waals surface area (Å²) in [6.07, 6.45) is -6.56. The van der Waals surface area contributed by atoms with Crippen molar-refractivity contribution in [3.63, 3.8) is 0 Å². The van der Waals surface area contributed by atoms with Crippen LogP contribution in [0, 0.1) is 5.92 Å². The van der Waals surface area contributed by atoms with Crippen LogP contribution < -0.4 is 5.32 Å². The topological polar surface area (TPSA) is 169 Å². The molecule has 0 aromatic heterocycles. The fourth-order valence-electron chi connectivity index (χ4n) is 5.16. The number of amides is 1. The number of nitrogens with one attached hydrogen (secondary N) is 1. The number of aryl methyl sites for hydroxylation is 1. The van der Waals surface area contributed by atoms with E-state index in [-0.39, 0.29) is 30.3 Å². The molecule has 0 radical (unpaired) electrons. The first kappa shape index (κ1) is 27.2. The Hall–Kier alpha value is -1.41. The minimum Gasteiger partial charge on any atom is -0.432 e. The molecule has 0 unspecified atom stereocenters. The Morgan fingerprint density at radius 3 is 2.21 bits per heavy atom. The predicted molar refractivity (Wildman–Crippen MR) is 125 cm³/mol. The van der Waals surface area contributed by atoms with Crippen LogP contribution in [-0.4, -0.2) is 94.1 Å². The van der Waals surface area contributed by atoms with Gasteiger partial charge in [0.15, 0.2) is 20.7 Å². The standard InChI is InChI=1S/C23H37NO9Si/c1-12-15(32-16(10-11-25)21(12)34(2,3)31)9-6-13-4-7-14(8-5-13)24-22(29)20-18(27)17(26)19(28)23(30)33-20/h4-5,7-8,12,15-21,23,25-28,30-31H,6,9-11H2,1-3H3,(H,24,29)/t12-,15+,16-,17+,18+,19-,20+,21+,23-/m1/s1. The lowest BCUT2D eigenvalue weighted by Crippen LogP contribution is -2.60. The lowest BCUT2D eigenvalue weighted by atomic mass is 9.95. The van der Waals surface area contributed by atoms with Crippen LogP contribution in [0.1, 0.15) is 25.3 Å². The van der Waals surface area contributed by atoms with Crippen molar-refractivity contribution in [1.82, 2.24) is 0 Å². The molecule has 1 aromatic carbocycles. The van der Waals surface area contributed by atoms with Crippen LogP contribution in [0.4, 0.5) is 5.69 Å². The maximum absolute atomic E-state index is 12.4. The Morgan fingerprint density at radius 2 is 1.62 bits per heavy atom. The van der Waals surface area contributed by atoms with Gasteiger partial charge in [-0.3, -0.25) is 4.79 Å². The van der Waals surface area contributed by atoms with Gasteiger partial charge in [0.25, 0.3) is 5.91 Å². The van der Waals surface area contributed by atoms with Gasteiger partial charge in [0.2, 0.25) is 0 Å². The van der Waals surface area contributed by atoms with E-state index >= 15 is 0 Å². The van der Waals surface area contributed by atoms with Gasteiger partial charge in [0.05, 0.1) is 12.2 Å². The minimum absolute atomic E-state index is 0.0157. The van der Waals surface area contributed by atoms with Crippen molar-refractivity contribution >= 4 is 19.9 Å². The number of carbonyl (C=O) groups excluding carboxylic acids is 1. The highest BCUT2D eigenvalue weighted by Crippen LogP contribution is 2.45. The summed E-state index contributed by atoms with van der Waals surface area (Å²) in [5.74, 6) is -0.567. The van der Waals surface area contributed by atoms with Crippen LogP contribution in [0.5, 0.6) is 0 Å². The predicted octanol–water partition coefficient (Wildman–Crippen LogP) is -0.289. The molecule has 192 valence electrons. The summed E-state index contributed by atoms with van der Waals surface area (Å²) in [4.78, 5) is 23.2. The Morgan fingerprint density at radius 1 is 0.971 bits per heavy atom. The molecule has 0 aliphatic carbocycles. The average molecular weight is 500 g/mol. The van der Waals surface area contributed by atoms with Crippen LogP contribution in [0.3, 0.4) is 0 Å². The van der Waals surface area contributed by atoms with Crippen LogP contribution in [0.2, 0.25) is 18.6 Å². The maximum Gasteiger partial charge on any atom is 0.256 e. The highest BCUT2D eigenvalue weighted by molar-refractivity contribution is 6.71. The van der Waals surface area contributed by atoms with E-state index < -0.39 is 44.9 Å². The molecule has 2 aliphatic rings. The smallest absolute Gasteiger partial charge is 0.256 e. The normalized spacial score (nSPS) is 36.4. The van der Waals surface area contributed by atoms with Crippen LogP contribution >= 0.6 is 0 Å². The first-order valence-corrected chi connectivity index (χ1v) is 14.7. The third-order valence-corrected chi connectivity index (χ3v) is 9.45. The van der Waals surface area contributed by atoms with Crippen LogP contribution in [-0.2, 0) is 20.7 Å². The summed E-state index contributed by atoms with van der Waals surface area (Å²) in [6, 6.07) is 7.11. The van der Waals surface area contributed by atoms with Gasteiger partial charge in [-0.15, -0.1) is 0 Å². The van der Waals surface area contributed by atoms with Gasteiger partial charge in [0.1, 0.15) is 18.3 Å². The summed E-state index contributed by atoms with van der Waals surface area (Å²) >= 11 is 0. The fraction of sp³-hybridized carbons (Fsp3) is 0.696. The molecule has 9 atom stereocenters. The summed E-state index contributed by atoms with van der Waals surface area (Å²) in [6.45, 7) is 5.96. The van der Waals surface area contributed by atoms with E-state index in [1.165, 1.54) is 0 Å². The summed E-state index contributed by atoms with van der Waals surface area (Å²) in [5, 5.41) is 50.8. The van der Waals surface area contributed by atoms with E-state index in [1.807, 2.05) is 25.2 Å². The number of aliphatic hydroxyl groups excluding tert-OH is 5. The molecule has 34 heavy (non-hydrogen) atoms. The van der Waals surface area contributed by atoms with Crippen molar-refractivity contribution in [2.24, 2.45) is 5.92 Å². The van der Waals surface area contributed by atoms with E-state index in [4.69, 9.17) is 9.47 Å². The van der Waals surface area contributed by atoms with E-state index in [0.29, 0.717) is 12.1 Å². The molecule has 2 heterocycles. The summed E-state index contributed by atoms with van der Waals surface area (Å²) in [7, 11) is -2.44. The second-order valence-electron chi connectivity index (χ2n) is 9.91. The second-order valence-corrected chi connectivity index (χ2v) is 13.9. The highest BCUT2D eigenvalue weighted by atomic mass is 28.4. The molecular formula is C23H37NO9Si. The molecule has 0 bridgehead atoms. The van der Waals surface area contributed by atoms with Gasteiger partial charge >= 0.3 is 0 Å². The monoisotopic (exact) mass is 499 g/mol. The molecule has 2 saturated heterocycles. The van der Waals surface area contributed by atoms with Gasteiger partial charge < -0.3 is 45.1 Å². The number of carbonyl (C=O) groups is 1. The molecule has 1 amide bonds. The van der Waals surface area contributed by atoms with Crippen molar-refractivity contribution in [3.8, 4) is 0 Å². The Labute approximate surface area is 200 Å². The molecule has 0 spiro atoms. The van der Waals surface area contributed by atoms with Gasteiger partial charge in [-0.2, -0.15) is 0 Å². The largest absolute Gasteiger partial charge is 0.432 e. The van der Waals surface area contributed by atoms with E-state index in [0.717, 1.165) is 18.4 Å². The number of rotatable bonds is 8. The third-order valence-electron chi connectivity index (χ3n) is 6.92. The molecule has 3 rings (SSSR count). The van der Waals surface area contributed by atoms with Crippen molar-refractivity contribution < 1.29 is 44.6 Å². The molecule has 2 aliphatic heterocycles. The van der Waals surface area contributed by atoms with Gasteiger partial charge in [-0.1, -0.05) is 19.1 Å². The average Bonchev–Trinajstić information content (AvgIpc) is 3.09. The number of anilines is 1. The Balaban J connectivity index is 1.55. The Bertz CT molecular complexity index is 818. The zero-order valence-electron chi connectivity index (χ0n) is 19.7. The molecule has 7 N–H and O–H groups in total. The van der Waals surface area contributed by atoms with E-state index in [9.17, 15) is 35.1 Å². The molecule has 10 nitrogen and oxygen atoms in total. The molecular weight excluding hydrogens is 462 g/mol. The van der Waals surface area contributed by atoms with Gasteiger partial charge in [0, 0.05) is 17.8 Å². The molecule has 0 saturated carbocycles. The third kappa shape index (κ3) is 6.04. The molecule has 1 aromatic rings. The minimum atomic E-state index is -2.44. The van der Waals surface area contributed by atoms with Crippen LogP contribution in [0.15, 0.2) is 24.3 Å². The van der Waals surface area contributed by atoms with Crippen molar-refractivity contribution in [2.75, 3.05) is 11.9 Å². The summed E-state index contributed by atoms with van der Waals surface area (Å²) < 4.78 is 11.2. The van der Waals surface area contributed by atoms with Crippen molar-refractivity contribution in [2.45, 2.75) is 87.7 Å². The van der Waals surface area contributed by atoms with Gasteiger partial charge in [-0.25, -0.2) is 0 Å². The number of hydrogen-bond acceptors (Lipinski definition) is 9. The van der Waals surface area contributed by atoms with Crippen molar-refractivity contribution in [1.29, 1.82) is 0 Å². The zero-order chi connectivity index (χ0) is 25.2. The fourth-order valence-corrected chi connectivity index (χ4v) is 7.82. The van der Waals surface area contributed by atoms with Gasteiger partial charge in [-0.05, 0) is 56.0 Å². The lowest BCUT2D eigenvalue weighted by molar-refractivity contribution is -0.274. The number of benzene rings is 1. The zero-order valence-corrected chi connectivity index (χ0v) is 20.7. The number of ether oxygens (including phenoxy) is 2. The SMILES string of the molecule is C[C@H]1[C@H]([Si](C)(C)O)[C@@H](CCO)O[C@H]1CCc1ccc(NC(=O)[C@H]2O[C@@H](O)[C@H](O)[C@@H](O)[C@@H]2O)cc1. The first-order chi connectivity index (χ1) is 15.9. The highest BCUT2D eigenvalue weighted by Gasteiger charge is 2.49. The lowest BCUT2D eigenvalue weighted by Gasteiger charge is -2.37. The quantitative estimate of drug-likeness (QED) is 0.238. The Kier molecular flexibility index (Phi) is 8.88. The molecule has 11 heteroatoms. The van der Waals surface area contributed by atoms with Crippen LogP contribution in [0.25, 0.3) is 0 Å². The van der Waals surface area contributed by atoms with Crippen molar-refractivity contribution in [3.05, 3.63) is 29.8 Å². The summed E-state index contributed by atoms with van der Waals surface area (Å²) in [5.41, 5.74) is 1.54.